The zero-order valence-electron chi connectivity index (χ0n) is 8.63. The van der Waals surface area contributed by atoms with Gasteiger partial charge in [-0.1, -0.05) is 0 Å². The van der Waals surface area contributed by atoms with Gasteiger partial charge in [0.05, 0.1) is 4.92 Å². The largest absolute Gasteiger partial charge is 0.511 e. The molecule has 0 rings (SSSR count). The SMILES string of the molecule is O=[N+]([O-])C(F)(F)CC(C(F)(F)F)(C(F)(F)F)C(F)(F)F. The van der Waals surface area contributed by atoms with Crippen LogP contribution in [-0.4, -0.2) is 29.5 Å². The Morgan fingerprint density at radius 1 is 0.700 bits per heavy atom. The predicted molar refractivity (Wildman–Crippen MR) is 37.2 cm³/mol. The molecule has 0 N–H and O–H groups in total. The molecule has 0 aliphatic rings. The maximum atomic E-state index is 12.4. The normalized spacial score (nSPS) is 15.3. The number of alkyl halides is 11. The number of hydrogen-bond donors (Lipinski definition) is 0. The van der Waals surface area contributed by atoms with Crippen molar-refractivity contribution in [2.75, 3.05) is 0 Å². The molecule has 0 aliphatic heterocycles. The lowest BCUT2D eigenvalue weighted by atomic mass is 9.80. The first-order chi connectivity index (χ1) is 8.40. The van der Waals surface area contributed by atoms with Crippen LogP contribution in [0.4, 0.5) is 48.3 Å². The van der Waals surface area contributed by atoms with E-state index in [2.05, 4.69) is 0 Å². The van der Waals surface area contributed by atoms with Gasteiger partial charge in [0.2, 0.25) is 0 Å². The summed E-state index contributed by atoms with van der Waals surface area (Å²) in [7, 11) is 0. The summed E-state index contributed by atoms with van der Waals surface area (Å²) in [5.41, 5.74) is -6.91. The minimum Gasteiger partial charge on any atom is -0.259 e. The van der Waals surface area contributed by atoms with Crippen molar-refractivity contribution < 1.29 is 53.2 Å². The number of nitrogens with zero attached hydrogens (tertiary/aromatic N) is 1. The van der Waals surface area contributed by atoms with Crippen LogP contribution >= 0.6 is 0 Å². The van der Waals surface area contributed by atoms with Gasteiger partial charge in [-0.15, -0.1) is 8.78 Å². The maximum Gasteiger partial charge on any atom is 0.511 e. The quantitative estimate of drug-likeness (QED) is 0.341. The van der Waals surface area contributed by atoms with Crippen LogP contribution in [0.5, 0.6) is 0 Å². The average molecular weight is 329 g/mol. The minimum absolute atomic E-state index is 2.95. The Balaban J connectivity index is 6.29. The fourth-order valence-electron chi connectivity index (χ4n) is 1.17. The molecule has 0 aromatic rings. The molecular weight excluding hydrogens is 327 g/mol. The van der Waals surface area contributed by atoms with Crippen molar-refractivity contribution in [1.29, 1.82) is 0 Å². The topological polar surface area (TPSA) is 43.1 Å². The zero-order valence-corrected chi connectivity index (χ0v) is 8.63. The van der Waals surface area contributed by atoms with Crippen LogP contribution in [0.3, 0.4) is 0 Å². The molecule has 0 amide bonds. The van der Waals surface area contributed by atoms with Crippen molar-refractivity contribution in [2.45, 2.75) is 31.0 Å². The minimum atomic E-state index is -7.26. The molecule has 0 unspecified atom stereocenters. The van der Waals surface area contributed by atoms with E-state index in [9.17, 15) is 58.4 Å². The van der Waals surface area contributed by atoms with Crippen LogP contribution in [0.1, 0.15) is 6.42 Å². The van der Waals surface area contributed by atoms with Crippen LogP contribution in [0.25, 0.3) is 0 Å². The molecule has 0 spiro atoms. The van der Waals surface area contributed by atoms with Gasteiger partial charge in [-0.3, -0.25) is 10.1 Å². The van der Waals surface area contributed by atoms with E-state index in [4.69, 9.17) is 0 Å². The van der Waals surface area contributed by atoms with Crippen LogP contribution < -0.4 is 0 Å². The highest BCUT2D eigenvalue weighted by molar-refractivity contribution is 5.00. The van der Waals surface area contributed by atoms with Gasteiger partial charge >= 0.3 is 24.6 Å². The Morgan fingerprint density at radius 2 is 0.950 bits per heavy atom. The molecule has 0 aliphatic carbocycles. The highest BCUT2D eigenvalue weighted by Gasteiger charge is 2.86. The summed E-state index contributed by atoms with van der Waals surface area (Å²) in [4.78, 5) is 6.68. The molecule has 0 radical (unpaired) electrons. The molecular formula is C6H2F11NO2. The second-order valence-corrected chi connectivity index (χ2v) is 3.50. The molecule has 0 saturated carbocycles. The Kier molecular flexibility index (Phi) is 4.27. The van der Waals surface area contributed by atoms with Crippen molar-refractivity contribution in [3.05, 3.63) is 10.1 Å². The van der Waals surface area contributed by atoms with E-state index in [0.29, 0.717) is 0 Å². The van der Waals surface area contributed by atoms with Crippen LogP contribution in [-0.2, 0) is 0 Å². The van der Waals surface area contributed by atoms with E-state index in [1.165, 1.54) is 0 Å². The summed E-state index contributed by atoms with van der Waals surface area (Å²) >= 11 is 0. The number of nitro groups is 1. The molecule has 0 saturated heterocycles. The second-order valence-electron chi connectivity index (χ2n) is 3.50. The van der Waals surface area contributed by atoms with Gasteiger partial charge in [-0.05, 0) is 0 Å². The molecule has 120 valence electrons. The Labute approximate surface area is 101 Å². The van der Waals surface area contributed by atoms with E-state index < -0.39 is 41.3 Å². The molecule has 0 heterocycles. The van der Waals surface area contributed by atoms with Crippen LogP contribution in [0, 0.1) is 15.5 Å². The van der Waals surface area contributed by atoms with Crippen molar-refractivity contribution in [3.63, 3.8) is 0 Å². The Hall–Kier alpha value is -1.37. The number of rotatable bonds is 3. The first-order valence-corrected chi connectivity index (χ1v) is 4.12. The van der Waals surface area contributed by atoms with E-state index in [-0.39, 0.29) is 0 Å². The zero-order chi connectivity index (χ0) is 16.8. The van der Waals surface area contributed by atoms with Gasteiger partial charge in [0.25, 0.3) is 5.41 Å². The van der Waals surface area contributed by atoms with Gasteiger partial charge in [-0.25, -0.2) is 0 Å². The lowest BCUT2D eigenvalue weighted by molar-refractivity contribution is -0.656. The van der Waals surface area contributed by atoms with Gasteiger partial charge in [0, 0.05) is 0 Å². The maximum absolute atomic E-state index is 12.4. The molecule has 0 bridgehead atoms. The van der Waals surface area contributed by atoms with Gasteiger partial charge in [0.15, 0.2) is 0 Å². The molecule has 14 heteroatoms. The molecule has 0 aromatic carbocycles. The first kappa shape index (κ1) is 18.6. The highest BCUT2D eigenvalue weighted by Crippen LogP contribution is 2.63. The Morgan fingerprint density at radius 3 is 1.10 bits per heavy atom. The number of halogens is 11. The molecule has 20 heavy (non-hydrogen) atoms. The van der Waals surface area contributed by atoms with Crippen molar-refractivity contribution >= 4 is 0 Å². The summed E-state index contributed by atoms with van der Waals surface area (Å²) in [5.74, 6) is 0. The van der Waals surface area contributed by atoms with Crippen molar-refractivity contribution in [2.24, 2.45) is 5.41 Å². The summed E-state index contributed by atoms with van der Waals surface area (Å²) in [5, 5.41) is 9.63. The summed E-state index contributed by atoms with van der Waals surface area (Å²) in [6, 6.07) is -6.08. The Bertz CT molecular complexity index is 342. The highest BCUT2D eigenvalue weighted by atomic mass is 19.4. The third-order valence-electron chi connectivity index (χ3n) is 2.20. The summed E-state index contributed by atoms with van der Waals surface area (Å²) in [6.45, 7) is 0. The summed E-state index contributed by atoms with van der Waals surface area (Å²) < 4.78 is 134. The molecule has 3 nitrogen and oxygen atoms in total. The van der Waals surface area contributed by atoms with E-state index in [1.54, 1.807) is 0 Å². The molecule has 0 aromatic heterocycles. The van der Waals surface area contributed by atoms with E-state index in [0.717, 1.165) is 0 Å². The molecule has 0 atom stereocenters. The van der Waals surface area contributed by atoms with E-state index >= 15 is 0 Å². The number of hydrogen-bond acceptors (Lipinski definition) is 2. The fourth-order valence-corrected chi connectivity index (χ4v) is 1.17. The lowest BCUT2D eigenvalue weighted by Crippen LogP contribution is -2.62. The summed E-state index contributed by atoms with van der Waals surface area (Å²) in [6.07, 6.45) is -25.9. The first-order valence-electron chi connectivity index (χ1n) is 4.12. The monoisotopic (exact) mass is 329 g/mol. The van der Waals surface area contributed by atoms with Gasteiger partial charge in [0.1, 0.15) is 6.42 Å². The predicted octanol–water partition coefficient (Wildman–Crippen LogP) is 3.92. The third kappa shape index (κ3) is 2.87. The lowest BCUT2D eigenvalue weighted by Gasteiger charge is -2.38. The van der Waals surface area contributed by atoms with Crippen molar-refractivity contribution in [1.82, 2.24) is 0 Å². The fraction of sp³-hybridized carbons (Fsp3) is 1.00. The van der Waals surface area contributed by atoms with Crippen molar-refractivity contribution in [3.8, 4) is 0 Å². The third-order valence-corrected chi connectivity index (χ3v) is 2.20. The standard InChI is InChI=1S/C6H2F11NO2/c7-3(8,18(19)20)1-2(4(9,10)11,5(12,13)14)6(15,16)17/h1H2. The smallest absolute Gasteiger partial charge is 0.259 e. The van der Waals surface area contributed by atoms with Gasteiger partial charge < -0.3 is 0 Å². The average Bonchev–Trinajstić information content (AvgIpc) is 2.07. The van der Waals surface area contributed by atoms with Crippen LogP contribution in [0.2, 0.25) is 0 Å². The second kappa shape index (κ2) is 4.58. The van der Waals surface area contributed by atoms with E-state index in [1.807, 2.05) is 0 Å². The van der Waals surface area contributed by atoms with Crippen LogP contribution in [0.15, 0.2) is 0 Å². The molecule has 0 fully saturated rings. The van der Waals surface area contributed by atoms with Gasteiger partial charge in [-0.2, -0.15) is 39.5 Å².